The summed E-state index contributed by atoms with van der Waals surface area (Å²) in [6.45, 7) is 5.86. The Morgan fingerprint density at radius 2 is 1.52 bits per heavy atom. The number of hydrogen-bond acceptors (Lipinski definition) is 5. The Bertz CT molecular complexity index is 1220. The maximum atomic E-state index is 13.6. The van der Waals surface area contributed by atoms with Crippen LogP contribution in [0.25, 0.3) is 0 Å². The van der Waals surface area contributed by atoms with Gasteiger partial charge in [0.1, 0.15) is 11.6 Å². The van der Waals surface area contributed by atoms with Crippen molar-refractivity contribution in [3.8, 4) is 6.07 Å². The topological polar surface area (TPSA) is 74.8 Å². The molecular formula is C28H27N3O2. The SMILES string of the molecule is COC(=O)[C@]1(C#N)[C@@H](C(C)(c2ccccc2)c2ccc(C)cc2)N=N[C@]1(C)c1ccccc1. The molecule has 1 aliphatic heterocycles. The lowest BCUT2D eigenvalue weighted by molar-refractivity contribution is -0.153. The van der Waals surface area contributed by atoms with Crippen LogP contribution in [0.4, 0.5) is 0 Å². The van der Waals surface area contributed by atoms with Crippen LogP contribution in [0.15, 0.2) is 95.2 Å². The summed E-state index contributed by atoms with van der Waals surface area (Å²) in [4.78, 5) is 13.6. The number of carbonyl (C=O) groups is 1. The molecule has 5 heteroatoms. The first-order valence-electron chi connectivity index (χ1n) is 10.9. The van der Waals surface area contributed by atoms with Crippen molar-refractivity contribution in [1.29, 1.82) is 5.26 Å². The summed E-state index contributed by atoms with van der Waals surface area (Å²) in [6, 6.07) is 28.9. The number of carbonyl (C=O) groups excluding carboxylic acids is 1. The zero-order valence-electron chi connectivity index (χ0n) is 19.3. The van der Waals surface area contributed by atoms with Crippen LogP contribution in [0, 0.1) is 23.7 Å². The summed E-state index contributed by atoms with van der Waals surface area (Å²) in [5.74, 6) is -0.638. The van der Waals surface area contributed by atoms with Gasteiger partial charge >= 0.3 is 5.97 Å². The van der Waals surface area contributed by atoms with Crippen molar-refractivity contribution in [2.24, 2.45) is 15.6 Å². The van der Waals surface area contributed by atoms with E-state index in [2.05, 4.69) is 11.2 Å². The quantitative estimate of drug-likeness (QED) is 0.478. The van der Waals surface area contributed by atoms with Crippen molar-refractivity contribution in [3.05, 3.63) is 107 Å². The molecule has 33 heavy (non-hydrogen) atoms. The van der Waals surface area contributed by atoms with E-state index < -0.39 is 28.4 Å². The third-order valence-corrected chi connectivity index (χ3v) is 7.14. The first-order valence-corrected chi connectivity index (χ1v) is 10.9. The lowest BCUT2D eigenvalue weighted by Crippen LogP contribution is -2.57. The molecular weight excluding hydrogens is 410 g/mol. The van der Waals surface area contributed by atoms with Crippen molar-refractivity contribution in [3.63, 3.8) is 0 Å². The second-order valence-corrected chi connectivity index (χ2v) is 8.90. The zero-order chi connectivity index (χ0) is 23.7. The van der Waals surface area contributed by atoms with Crippen LogP contribution in [0.1, 0.15) is 36.1 Å². The highest BCUT2D eigenvalue weighted by Gasteiger charge is 2.70. The monoisotopic (exact) mass is 437 g/mol. The molecule has 0 aliphatic carbocycles. The maximum Gasteiger partial charge on any atom is 0.331 e. The van der Waals surface area contributed by atoms with Crippen LogP contribution in [0.5, 0.6) is 0 Å². The van der Waals surface area contributed by atoms with Gasteiger partial charge in [0.05, 0.1) is 13.2 Å². The van der Waals surface area contributed by atoms with Crippen LogP contribution in [-0.2, 0) is 20.5 Å². The standard InChI is InChI=1S/C28H27N3O2/c1-20-15-17-22(18-16-20)26(2,21-11-7-5-8-12-21)24-28(19-29,25(32)33-4)27(3,31-30-24)23-13-9-6-10-14-23/h5-18,24H,1-4H3/t24-,26?,27-,28+/m1/s1. The first kappa shape index (κ1) is 22.4. The number of aryl methyl sites for hydroxylation is 1. The minimum atomic E-state index is -1.68. The van der Waals surface area contributed by atoms with Gasteiger partial charge in [0.25, 0.3) is 0 Å². The molecule has 0 spiro atoms. The molecule has 3 aromatic rings. The van der Waals surface area contributed by atoms with E-state index in [-0.39, 0.29) is 0 Å². The molecule has 3 aromatic carbocycles. The number of nitriles is 1. The molecule has 4 atom stereocenters. The Hall–Kier alpha value is -3.78. The van der Waals surface area contributed by atoms with Crippen molar-refractivity contribution < 1.29 is 9.53 Å². The smallest absolute Gasteiger partial charge is 0.331 e. The Balaban J connectivity index is 2.03. The second-order valence-electron chi connectivity index (χ2n) is 8.90. The highest BCUT2D eigenvalue weighted by atomic mass is 16.5. The molecule has 166 valence electrons. The van der Waals surface area contributed by atoms with Gasteiger partial charge in [-0.05, 0) is 37.5 Å². The fourth-order valence-corrected chi connectivity index (χ4v) is 5.06. The van der Waals surface area contributed by atoms with Crippen LogP contribution >= 0.6 is 0 Å². The van der Waals surface area contributed by atoms with Crippen LogP contribution < -0.4 is 0 Å². The molecule has 0 aromatic heterocycles. The van der Waals surface area contributed by atoms with E-state index in [1.54, 1.807) is 6.92 Å². The normalized spacial score (nSPS) is 25.7. The highest BCUT2D eigenvalue weighted by molar-refractivity contribution is 5.85. The van der Waals surface area contributed by atoms with E-state index in [1.807, 2.05) is 98.8 Å². The van der Waals surface area contributed by atoms with Crippen molar-refractivity contribution in [2.45, 2.75) is 37.8 Å². The largest absolute Gasteiger partial charge is 0.468 e. The first-order chi connectivity index (χ1) is 15.8. The number of azo groups is 1. The average molecular weight is 438 g/mol. The van der Waals surface area contributed by atoms with Crippen LogP contribution in [0.2, 0.25) is 0 Å². The molecule has 4 rings (SSSR count). The van der Waals surface area contributed by atoms with Gasteiger partial charge in [-0.25, -0.2) is 0 Å². The predicted octanol–water partition coefficient (Wildman–Crippen LogP) is 5.73. The molecule has 1 unspecified atom stereocenters. The number of nitrogens with zero attached hydrogens (tertiary/aromatic N) is 3. The minimum absolute atomic E-state index is 0.638. The van der Waals surface area contributed by atoms with Gasteiger partial charge in [-0.15, -0.1) is 0 Å². The summed E-state index contributed by atoms with van der Waals surface area (Å²) >= 11 is 0. The third kappa shape index (κ3) is 3.17. The summed E-state index contributed by atoms with van der Waals surface area (Å²) in [5.41, 5.74) is 0.0238. The summed E-state index contributed by atoms with van der Waals surface area (Å²) in [6.07, 6.45) is 0. The van der Waals surface area contributed by atoms with Crippen LogP contribution in [-0.4, -0.2) is 19.1 Å². The van der Waals surface area contributed by atoms with Gasteiger partial charge in [0.2, 0.25) is 5.41 Å². The van der Waals surface area contributed by atoms with E-state index >= 15 is 0 Å². The molecule has 0 saturated heterocycles. The van der Waals surface area contributed by atoms with Gasteiger partial charge in [-0.2, -0.15) is 15.5 Å². The van der Waals surface area contributed by atoms with Gasteiger partial charge in [-0.1, -0.05) is 90.5 Å². The number of benzene rings is 3. The van der Waals surface area contributed by atoms with E-state index in [1.165, 1.54) is 7.11 Å². The highest BCUT2D eigenvalue weighted by Crippen LogP contribution is 2.58. The fraction of sp³-hybridized carbons (Fsp3) is 0.286. The third-order valence-electron chi connectivity index (χ3n) is 7.14. The molecule has 0 bridgehead atoms. The Morgan fingerprint density at radius 3 is 2.06 bits per heavy atom. The number of esters is 1. The van der Waals surface area contributed by atoms with Gasteiger partial charge < -0.3 is 4.74 Å². The minimum Gasteiger partial charge on any atom is -0.468 e. The Labute approximate surface area is 194 Å². The lowest BCUT2D eigenvalue weighted by atomic mass is 9.55. The Kier molecular flexibility index (Phi) is 5.63. The average Bonchev–Trinajstić information content (AvgIpc) is 3.19. The summed E-state index contributed by atoms with van der Waals surface area (Å²) in [7, 11) is 1.31. The lowest BCUT2D eigenvalue weighted by Gasteiger charge is -2.44. The van der Waals surface area contributed by atoms with Gasteiger partial charge in [-0.3, -0.25) is 4.79 Å². The number of rotatable bonds is 5. The Morgan fingerprint density at radius 1 is 0.970 bits per heavy atom. The molecule has 0 amide bonds. The van der Waals surface area contributed by atoms with Gasteiger partial charge in [0, 0.05) is 5.41 Å². The molecule has 1 aliphatic rings. The second kappa shape index (κ2) is 8.29. The van der Waals surface area contributed by atoms with E-state index in [0.717, 1.165) is 22.3 Å². The van der Waals surface area contributed by atoms with E-state index in [0.29, 0.717) is 0 Å². The van der Waals surface area contributed by atoms with E-state index in [4.69, 9.17) is 9.85 Å². The van der Waals surface area contributed by atoms with Crippen molar-refractivity contribution >= 4 is 5.97 Å². The van der Waals surface area contributed by atoms with Crippen molar-refractivity contribution in [1.82, 2.24) is 0 Å². The molecule has 0 radical (unpaired) electrons. The summed E-state index contributed by atoms with van der Waals surface area (Å²) < 4.78 is 5.28. The molecule has 0 fully saturated rings. The maximum absolute atomic E-state index is 13.6. The summed E-state index contributed by atoms with van der Waals surface area (Å²) in [5, 5.41) is 20.1. The predicted molar refractivity (Wildman–Crippen MR) is 127 cm³/mol. The number of ether oxygens (including phenoxy) is 1. The van der Waals surface area contributed by atoms with Crippen LogP contribution in [0.3, 0.4) is 0 Å². The molecule has 5 nitrogen and oxygen atoms in total. The van der Waals surface area contributed by atoms with E-state index in [9.17, 15) is 10.1 Å². The fourth-order valence-electron chi connectivity index (χ4n) is 5.06. The van der Waals surface area contributed by atoms with Crippen molar-refractivity contribution in [2.75, 3.05) is 7.11 Å². The van der Waals surface area contributed by atoms with Gasteiger partial charge in [0.15, 0.2) is 0 Å². The number of hydrogen-bond donors (Lipinski definition) is 0. The molecule has 0 N–H and O–H groups in total. The zero-order valence-corrected chi connectivity index (χ0v) is 19.3. The number of methoxy groups -OCH3 is 1. The molecule has 0 saturated carbocycles. The molecule has 1 heterocycles.